The number of hydrogen-bond donors (Lipinski definition) is 0. The molecule has 0 spiro atoms. The highest BCUT2D eigenvalue weighted by molar-refractivity contribution is 5.78. The van der Waals surface area contributed by atoms with Gasteiger partial charge in [-0.1, -0.05) is 39.0 Å². The number of ether oxygens (including phenoxy) is 1. The Morgan fingerprint density at radius 3 is 2.26 bits per heavy atom. The third kappa shape index (κ3) is 3.57. The monoisotopic (exact) mass is 263 g/mol. The molecule has 0 radical (unpaired) electrons. The number of aryl methyl sites for hydroxylation is 1. The molecular weight excluding hydrogens is 238 g/mol. The highest BCUT2D eigenvalue weighted by atomic mass is 16.5. The molecular formula is C16H25NO2. The van der Waals surface area contributed by atoms with Gasteiger partial charge >= 0.3 is 5.97 Å². The Balaban J connectivity index is 3.34. The molecule has 0 N–H and O–H groups in total. The number of benzene rings is 1. The van der Waals surface area contributed by atoms with Crippen molar-refractivity contribution in [3.8, 4) is 0 Å². The first-order valence-electron chi connectivity index (χ1n) is 6.53. The molecule has 1 unspecified atom stereocenters. The topological polar surface area (TPSA) is 29.5 Å². The van der Waals surface area contributed by atoms with Crippen molar-refractivity contribution in [2.75, 3.05) is 21.2 Å². The number of methoxy groups -OCH3 is 1. The van der Waals surface area contributed by atoms with E-state index >= 15 is 0 Å². The fourth-order valence-corrected chi connectivity index (χ4v) is 2.13. The van der Waals surface area contributed by atoms with Crippen LogP contribution in [0.3, 0.4) is 0 Å². The molecule has 0 aliphatic carbocycles. The van der Waals surface area contributed by atoms with Crippen LogP contribution in [0.4, 0.5) is 0 Å². The van der Waals surface area contributed by atoms with E-state index in [1.165, 1.54) is 12.7 Å². The van der Waals surface area contributed by atoms with Crippen LogP contribution in [0.15, 0.2) is 18.2 Å². The predicted octanol–water partition coefficient (Wildman–Crippen LogP) is 3.07. The molecule has 0 aliphatic heterocycles. The van der Waals surface area contributed by atoms with Crippen LogP contribution in [0.1, 0.15) is 43.5 Å². The summed E-state index contributed by atoms with van der Waals surface area (Å²) in [6.45, 7) is 8.54. The maximum Gasteiger partial charge on any atom is 0.327 e. The number of carbonyl (C=O) groups is 1. The molecule has 1 aromatic carbocycles. The molecule has 0 heterocycles. The zero-order valence-corrected chi connectivity index (χ0v) is 13.1. The van der Waals surface area contributed by atoms with Crippen molar-refractivity contribution in [3.63, 3.8) is 0 Å². The third-order valence-corrected chi connectivity index (χ3v) is 3.38. The summed E-state index contributed by atoms with van der Waals surface area (Å²) >= 11 is 0. The molecule has 0 aliphatic rings. The van der Waals surface area contributed by atoms with E-state index in [2.05, 4.69) is 39.0 Å². The number of esters is 1. The Kier molecular flexibility index (Phi) is 4.75. The maximum atomic E-state index is 12.0. The lowest BCUT2D eigenvalue weighted by molar-refractivity contribution is -0.146. The van der Waals surface area contributed by atoms with Gasteiger partial charge in [0, 0.05) is 0 Å². The Morgan fingerprint density at radius 2 is 1.84 bits per heavy atom. The highest BCUT2D eigenvalue weighted by Crippen LogP contribution is 2.29. The molecule has 106 valence electrons. The molecule has 3 nitrogen and oxygen atoms in total. The minimum Gasteiger partial charge on any atom is -0.468 e. The first-order valence-corrected chi connectivity index (χ1v) is 6.53. The van der Waals surface area contributed by atoms with E-state index < -0.39 is 0 Å². The minimum atomic E-state index is -0.354. The summed E-state index contributed by atoms with van der Waals surface area (Å²) in [4.78, 5) is 13.9. The lowest BCUT2D eigenvalue weighted by atomic mass is 9.84. The average molecular weight is 263 g/mol. The zero-order valence-electron chi connectivity index (χ0n) is 13.1. The molecule has 0 bridgehead atoms. The summed E-state index contributed by atoms with van der Waals surface area (Å²) in [5.74, 6) is -0.223. The number of rotatable bonds is 3. The molecule has 19 heavy (non-hydrogen) atoms. The molecule has 0 aromatic heterocycles. The fraction of sp³-hybridized carbons (Fsp3) is 0.562. The van der Waals surface area contributed by atoms with Gasteiger partial charge in [0.05, 0.1) is 7.11 Å². The second-order valence-electron chi connectivity index (χ2n) is 6.21. The zero-order chi connectivity index (χ0) is 14.8. The van der Waals surface area contributed by atoms with Gasteiger partial charge in [-0.25, -0.2) is 4.79 Å². The van der Waals surface area contributed by atoms with Crippen molar-refractivity contribution in [2.24, 2.45) is 0 Å². The van der Waals surface area contributed by atoms with Crippen LogP contribution in [0, 0.1) is 6.92 Å². The molecule has 0 saturated heterocycles. The van der Waals surface area contributed by atoms with Crippen LogP contribution in [0.2, 0.25) is 0 Å². The van der Waals surface area contributed by atoms with Crippen LogP contribution in [0.5, 0.6) is 0 Å². The van der Waals surface area contributed by atoms with Gasteiger partial charge in [-0.2, -0.15) is 0 Å². The van der Waals surface area contributed by atoms with Gasteiger partial charge in [-0.15, -0.1) is 0 Å². The van der Waals surface area contributed by atoms with Crippen LogP contribution < -0.4 is 0 Å². The largest absolute Gasteiger partial charge is 0.468 e. The van der Waals surface area contributed by atoms with E-state index in [1.54, 1.807) is 0 Å². The van der Waals surface area contributed by atoms with Crippen LogP contribution in [0.25, 0.3) is 0 Å². The summed E-state index contributed by atoms with van der Waals surface area (Å²) in [5.41, 5.74) is 3.42. The van der Waals surface area contributed by atoms with Crippen molar-refractivity contribution < 1.29 is 9.53 Å². The Labute approximate surface area is 116 Å². The minimum absolute atomic E-state index is 0.0649. The standard InChI is InChI=1S/C16H25NO2/c1-11-8-9-12(16(2,3)4)10-13(11)14(17(5)6)15(18)19-7/h8-10,14H,1-7H3. The van der Waals surface area contributed by atoms with Crippen molar-refractivity contribution in [3.05, 3.63) is 34.9 Å². The highest BCUT2D eigenvalue weighted by Gasteiger charge is 2.26. The molecule has 0 amide bonds. The molecule has 1 rings (SSSR count). The van der Waals surface area contributed by atoms with Gasteiger partial charge in [0.15, 0.2) is 0 Å². The number of nitrogens with zero attached hydrogens (tertiary/aromatic N) is 1. The summed E-state index contributed by atoms with van der Waals surface area (Å²) in [6, 6.07) is 5.97. The van der Waals surface area contributed by atoms with E-state index in [9.17, 15) is 4.79 Å². The van der Waals surface area contributed by atoms with Crippen molar-refractivity contribution in [2.45, 2.75) is 39.2 Å². The Hall–Kier alpha value is -1.35. The van der Waals surface area contributed by atoms with Gasteiger partial charge in [-0.3, -0.25) is 4.90 Å². The second kappa shape index (κ2) is 5.74. The van der Waals surface area contributed by atoms with Crippen LogP contribution in [-0.4, -0.2) is 32.1 Å². The van der Waals surface area contributed by atoms with Crippen molar-refractivity contribution in [1.29, 1.82) is 0 Å². The molecule has 1 aromatic rings. The summed E-state index contributed by atoms with van der Waals surface area (Å²) < 4.78 is 4.93. The maximum absolute atomic E-state index is 12.0. The predicted molar refractivity (Wildman–Crippen MR) is 78.3 cm³/mol. The Morgan fingerprint density at radius 1 is 1.26 bits per heavy atom. The Bertz CT molecular complexity index is 458. The lowest BCUT2D eigenvalue weighted by Gasteiger charge is -2.26. The van der Waals surface area contributed by atoms with Gasteiger partial charge in [-0.05, 0) is 43.1 Å². The van der Waals surface area contributed by atoms with Gasteiger partial charge in [0.25, 0.3) is 0 Å². The van der Waals surface area contributed by atoms with Gasteiger partial charge in [0.2, 0.25) is 0 Å². The molecule has 0 fully saturated rings. The molecule has 3 heteroatoms. The van der Waals surface area contributed by atoms with Crippen molar-refractivity contribution in [1.82, 2.24) is 4.90 Å². The summed E-state index contributed by atoms with van der Waals surface area (Å²) in [5, 5.41) is 0. The van der Waals surface area contributed by atoms with Crippen LogP contribution >= 0.6 is 0 Å². The van der Waals surface area contributed by atoms with Crippen molar-refractivity contribution >= 4 is 5.97 Å². The molecule has 1 atom stereocenters. The first-order chi connectivity index (χ1) is 8.68. The number of likely N-dealkylation sites (N-methyl/N-ethyl adjacent to an activating group) is 1. The summed E-state index contributed by atoms with van der Waals surface area (Å²) in [6.07, 6.45) is 0. The normalized spacial score (nSPS) is 13.5. The second-order valence-corrected chi connectivity index (χ2v) is 6.21. The lowest BCUT2D eigenvalue weighted by Crippen LogP contribution is -2.29. The fourth-order valence-electron chi connectivity index (χ4n) is 2.13. The average Bonchev–Trinajstić information content (AvgIpc) is 2.29. The molecule has 0 saturated carbocycles. The van der Waals surface area contributed by atoms with E-state index in [1.807, 2.05) is 25.9 Å². The van der Waals surface area contributed by atoms with E-state index in [4.69, 9.17) is 4.74 Å². The van der Waals surface area contributed by atoms with E-state index in [0.29, 0.717) is 0 Å². The SMILES string of the molecule is COC(=O)C(c1cc(C(C)(C)C)ccc1C)N(C)C. The first kappa shape index (κ1) is 15.7. The smallest absolute Gasteiger partial charge is 0.327 e. The van der Waals surface area contributed by atoms with Crippen LogP contribution in [-0.2, 0) is 14.9 Å². The summed E-state index contributed by atoms with van der Waals surface area (Å²) in [7, 11) is 5.22. The third-order valence-electron chi connectivity index (χ3n) is 3.38. The van der Waals surface area contributed by atoms with E-state index in [0.717, 1.165) is 11.1 Å². The number of hydrogen-bond acceptors (Lipinski definition) is 3. The quantitative estimate of drug-likeness (QED) is 0.785. The van der Waals surface area contributed by atoms with E-state index in [-0.39, 0.29) is 17.4 Å². The number of carbonyl (C=O) groups excluding carboxylic acids is 1. The van der Waals surface area contributed by atoms with Gasteiger partial charge < -0.3 is 4.74 Å². The van der Waals surface area contributed by atoms with Gasteiger partial charge in [0.1, 0.15) is 6.04 Å².